The SMILES string of the molecule is CC(=Nc1c(C)c(C)cc(C)c1C)c1ccnc(C(C)=Nc2c(C)c(C)cc(C)c2C)n1. The van der Waals surface area contributed by atoms with Crippen LogP contribution in [0.1, 0.15) is 69.9 Å². The van der Waals surface area contributed by atoms with Crippen molar-refractivity contribution in [3.05, 3.63) is 80.4 Å². The second-order valence-electron chi connectivity index (χ2n) is 8.88. The molecule has 3 rings (SSSR count). The zero-order valence-electron chi connectivity index (χ0n) is 21.1. The van der Waals surface area contributed by atoms with Gasteiger partial charge in [-0.1, -0.05) is 12.1 Å². The average molecular weight is 427 g/mol. The highest BCUT2D eigenvalue weighted by molar-refractivity contribution is 6.01. The Balaban J connectivity index is 2.05. The Bertz CT molecular complexity index is 1120. The van der Waals surface area contributed by atoms with Crippen LogP contribution >= 0.6 is 0 Å². The molecule has 3 aromatic rings. The summed E-state index contributed by atoms with van der Waals surface area (Å²) in [6, 6.07) is 6.35. The second kappa shape index (κ2) is 9.15. The zero-order valence-corrected chi connectivity index (χ0v) is 21.1. The van der Waals surface area contributed by atoms with Crippen LogP contribution < -0.4 is 0 Å². The molecule has 0 atom stereocenters. The standard InChI is InChI=1S/C28H34N4/c1-15-13-16(2)20(6)26(19(15)5)30-23(9)25-11-12-29-28(32-25)24(10)31-27-21(7)17(3)14-18(4)22(27)8/h11-14H,1-10H3. The molecule has 0 aliphatic heterocycles. The lowest BCUT2D eigenvalue weighted by Crippen LogP contribution is -2.08. The Morgan fingerprint density at radius 1 is 0.625 bits per heavy atom. The maximum absolute atomic E-state index is 4.97. The van der Waals surface area contributed by atoms with Crippen molar-refractivity contribution in [2.24, 2.45) is 9.98 Å². The molecule has 0 aliphatic carbocycles. The van der Waals surface area contributed by atoms with Crippen molar-refractivity contribution in [2.75, 3.05) is 0 Å². The van der Waals surface area contributed by atoms with Gasteiger partial charge in [-0.25, -0.2) is 15.0 Å². The molecule has 32 heavy (non-hydrogen) atoms. The van der Waals surface area contributed by atoms with Crippen LogP contribution in [0.3, 0.4) is 0 Å². The number of nitrogens with zero attached hydrogens (tertiary/aromatic N) is 4. The molecule has 4 nitrogen and oxygen atoms in total. The van der Waals surface area contributed by atoms with Crippen LogP contribution in [0.5, 0.6) is 0 Å². The lowest BCUT2D eigenvalue weighted by molar-refractivity contribution is 1.10. The minimum absolute atomic E-state index is 0.629. The minimum atomic E-state index is 0.629. The van der Waals surface area contributed by atoms with Crippen LogP contribution in [0, 0.1) is 55.4 Å². The molecule has 0 spiro atoms. The van der Waals surface area contributed by atoms with Crippen LogP contribution in [0.4, 0.5) is 11.4 Å². The molecule has 0 aliphatic rings. The zero-order chi connectivity index (χ0) is 23.7. The fourth-order valence-electron chi connectivity index (χ4n) is 3.90. The first-order valence-corrected chi connectivity index (χ1v) is 11.1. The first-order valence-electron chi connectivity index (χ1n) is 11.1. The van der Waals surface area contributed by atoms with Gasteiger partial charge in [0, 0.05) is 6.20 Å². The van der Waals surface area contributed by atoms with Crippen LogP contribution in [0.25, 0.3) is 0 Å². The molecule has 0 amide bonds. The van der Waals surface area contributed by atoms with Crippen molar-refractivity contribution in [2.45, 2.75) is 69.2 Å². The molecule has 0 N–H and O–H groups in total. The van der Waals surface area contributed by atoms with Gasteiger partial charge in [-0.05, 0) is 120 Å². The number of aryl methyl sites for hydroxylation is 4. The van der Waals surface area contributed by atoms with Crippen LogP contribution in [0.2, 0.25) is 0 Å². The molecule has 0 radical (unpaired) electrons. The summed E-state index contributed by atoms with van der Waals surface area (Å²) in [6.45, 7) is 21.0. The molecule has 1 aromatic heterocycles. The monoisotopic (exact) mass is 426 g/mol. The molecule has 0 unspecified atom stereocenters. The van der Waals surface area contributed by atoms with E-state index < -0.39 is 0 Å². The van der Waals surface area contributed by atoms with Crippen LogP contribution in [-0.2, 0) is 0 Å². The molecule has 166 valence electrons. The van der Waals surface area contributed by atoms with E-state index in [0.717, 1.165) is 28.5 Å². The summed E-state index contributed by atoms with van der Waals surface area (Å²) in [5.74, 6) is 0.629. The number of benzene rings is 2. The van der Waals surface area contributed by atoms with Crippen molar-refractivity contribution in [3.63, 3.8) is 0 Å². The highest BCUT2D eigenvalue weighted by atomic mass is 14.9. The maximum atomic E-state index is 4.97. The minimum Gasteiger partial charge on any atom is -0.251 e. The van der Waals surface area contributed by atoms with E-state index in [4.69, 9.17) is 15.0 Å². The predicted molar refractivity (Wildman–Crippen MR) is 137 cm³/mol. The Morgan fingerprint density at radius 2 is 1.03 bits per heavy atom. The number of rotatable bonds is 4. The Labute approximate surface area is 192 Å². The smallest absolute Gasteiger partial charge is 0.174 e. The van der Waals surface area contributed by atoms with Gasteiger partial charge in [0.15, 0.2) is 5.82 Å². The van der Waals surface area contributed by atoms with Gasteiger partial charge in [-0.3, -0.25) is 4.99 Å². The molecule has 0 bridgehead atoms. The van der Waals surface area contributed by atoms with Gasteiger partial charge in [0.05, 0.1) is 28.5 Å². The third kappa shape index (κ3) is 4.55. The van der Waals surface area contributed by atoms with Crippen LogP contribution in [-0.4, -0.2) is 21.4 Å². The van der Waals surface area contributed by atoms with Crippen molar-refractivity contribution in [1.82, 2.24) is 9.97 Å². The van der Waals surface area contributed by atoms with Gasteiger partial charge >= 0.3 is 0 Å². The highest BCUT2D eigenvalue weighted by Crippen LogP contribution is 2.31. The Hall–Kier alpha value is -3.14. The van der Waals surface area contributed by atoms with Gasteiger partial charge in [-0.15, -0.1) is 0 Å². The first-order chi connectivity index (χ1) is 15.0. The molecule has 0 fully saturated rings. The molecule has 1 heterocycles. The predicted octanol–water partition coefficient (Wildman–Crippen LogP) is 7.23. The van der Waals surface area contributed by atoms with Gasteiger partial charge in [0.2, 0.25) is 0 Å². The van der Waals surface area contributed by atoms with Gasteiger partial charge < -0.3 is 0 Å². The molecular weight excluding hydrogens is 392 g/mol. The largest absolute Gasteiger partial charge is 0.251 e. The van der Waals surface area contributed by atoms with E-state index in [0.29, 0.717) is 5.82 Å². The van der Waals surface area contributed by atoms with E-state index in [-0.39, 0.29) is 0 Å². The summed E-state index contributed by atoms with van der Waals surface area (Å²) in [4.78, 5) is 19.2. The van der Waals surface area contributed by atoms with Gasteiger partial charge in [0.1, 0.15) is 0 Å². The normalized spacial score (nSPS) is 12.4. The third-order valence-corrected chi connectivity index (χ3v) is 6.56. The summed E-state index contributed by atoms with van der Waals surface area (Å²) in [6.07, 6.45) is 1.79. The molecule has 0 saturated heterocycles. The lowest BCUT2D eigenvalue weighted by Gasteiger charge is -2.13. The number of hydrogen-bond donors (Lipinski definition) is 0. The fraction of sp³-hybridized carbons (Fsp3) is 0.357. The number of aromatic nitrogens is 2. The van der Waals surface area contributed by atoms with E-state index >= 15 is 0 Å². The van der Waals surface area contributed by atoms with Gasteiger partial charge in [0.25, 0.3) is 0 Å². The van der Waals surface area contributed by atoms with Crippen molar-refractivity contribution in [3.8, 4) is 0 Å². The summed E-state index contributed by atoms with van der Waals surface area (Å²) < 4.78 is 0. The molecule has 2 aromatic carbocycles. The quantitative estimate of drug-likeness (QED) is 0.413. The van der Waals surface area contributed by atoms with Crippen molar-refractivity contribution in [1.29, 1.82) is 0 Å². The molecular formula is C28H34N4. The van der Waals surface area contributed by atoms with Gasteiger partial charge in [-0.2, -0.15) is 0 Å². The molecule has 4 heteroatoms. The van der Waals surface area contributed by atoms with E-state index in [1.165, 1.54) is 44.5 Å². The first kappa shape index (κ1) is 23.5. The van der Waals surface area contributed by atoms with E-state index in [1.807, 2.05) is 19.9 Å². The van der Waals surface area contributed by atoms with Crippen molar-refractivity contribution < 1.29 is 0 Å². The number of aliphatic imine (C=N–C) groups is 2. The summed E-state index contributed by atoms with van der Waals surface area (Å²) in [5, 5.41) is 0. The lowest BCUT2D eigenvalue weighted by atomic mass is 9.99. The van der Waals surface area contributed by atoms with E-state index in [2.05, 4.69) is 72.5 Å². The summed E-state index contributed by atoms with van der Waals surface area (Å²) >= 11 is 0. The highest BCUT2D eigenvalue weighted by Gasteiger charge is 2.12. The van der Waals surface area contributed by atoms with Crippen molar-refractivity contribution >= 4 is 22.8 Å². The average Bonchev–Trinajstić information content (AvgIpc) is 2.76. The molecule has 0 saturated carbocycles. The fourth-order valence-corrected chi connectivity index (χ4v) is 3.90. The Kier molecular flexibility index (Phi) is 6.73. The summed E-state index contributed by atoms with van der Waals surface area (Å²) in [5.41, 5.74) is 14.4. The topological polar surface area (TPSA) is 50.5 Å². The third-order valence-electron chi connectivity index (χ3n) is 6.56. The number of hydrogen-bond acceptors (Lipinski definition) is 4. The van der Waals surface area contributed by atoms with E-state index in [9.17, 15) is 0 Å². The van der Waals surface area contributed by atoms with E-state index in [1.54, 1.807) is 6.20 Å². The summed E-state index contributed by atoms with van der Waals surface area (Å²) in [7, 11) is 0. The van der Waals surface area contributed by atoms with Crippen LogP contribution in [0.15, 0.2) is 34.4 Å². The maximum Gasteiger partial charge on any atom is 0.174 e. The second-order valence-corrected chi connectivity index (χ2v) is 8.88. The Morgan fingerprint density at radius 3 is 1.47 bits per heavy atom.